The maximum Gasteiger partial charge on any atom is 0.224 e. The number of hydrogen-bond donors (Lipinski definition) is 4. The average Bonchev–Trinajstić information content (AvgIpc) is 2.91. The molecule has 0 radical (unpaired) electrons. The lowest BCUT2D eigenvalue weighted by Gasteiger charge is -2.14. The van der Waals surface area contributed by atoms with Gasteiger partial charge in [0, 0.05) is 50.1 Å². The molecule has 0 saturated carbocycles. The summed E-state index contributed by atoms with van der Waals surface area (Å²) in [5, 5.41) is 11.5. The quantitative estimate of drug-likeness (QED) is 0.225. The highest BCUT2D eigenvalue weighted by atomic mass is 16.2. The minimum atomic E-state index is -0.200. The van der Waals surface area contributed by atoms with Crippen molar-refractivity contribution >= 4 is 35.0 Å². The number of nitrogens with one attached hydrogen (secondary N) is 4. The third kappa shape index (κ3) is 12.0. The van der Waals surface area contributed by atoms with Crippen LogP contribution in [0.3, 0.4) is 0 Å². The normalized spacial score (nSPS) is 10.5. The number of hydrogen-bond acceptors (Lipinski definition) is 4. The molecule has 0 bridgehead atoms. The number of amides is 4. The van der Waals surface area contributed by atoms with E-state index in [4.69, 9.17) is 0 Å². The highest BCUT2D eigenvalue weighted by Gasteiger charge is 2.12. The van der Waals surface area contributed by atoms with Crippen LogP contribution in [0, 0.1) is 0 Å². The largest absolute Gasteiger partial charge is 0.356 e. The Morgan fingerprint density at radius 2 is 0.921 bits per heavy atom. The molecular weight excluding hydrogens is 480 g/mol. The van der Waals surface area contributed by atoms with Crippen LogP contribution in [-0.4, -0.2) is 36.7 Å². The predicted molar refractivity (Wildman–Crippen MR) is 152 cm³/mol. The van der Waals surface area contributed by atoms with E-state index in [1.807, 2.05) is 48.5 Å². The summed E-state index contributed by atoms with van der Waals surface area (Å²) < 4.78 is 0. The molecule has 4 N–H and O–H groups in total. The van der Waals surface area contributed by atoms with Crippen molar-refractivity contribution in [3.63, 3.8) is 0 Å². The SMILES string of the molecule is CCCCNC(=O)CCC(=O)Nc1ccccc1CCc1ccccc1NC(=O)CCC(=O)NCCCC. The second-order valence-corrected chi connectivity index (χ2v) is 9.32. The minimum Gasteiger partial charge on any atom is -0.356 e. The second kappa shape index (κ2) is 17.7. The van der Waals surface area contributed by atoms with Crippen molar-refractivity contribution in [2.24, 2.45) is 0 Å². The fraction of sp³-hybridized carbons (Fsp3) is 0.467. The first-order chi connectivity index (χ1) is 18.4. The van der Waals surface area contributed by atoms with E-state index in [1.165, 1.54) is 0 Å². The van der Waals surface area contributed by atoms with E-state index in [0.717, 1.165) is 48.2 Å². The molecule has 0 spiro atoms. The summed E-state index contributed by atoms with van der Waals surface area (Å²) in [6.07, 6.45) is 5.73. The minimum absolute atomic E-state index is 0.113. The van der Waals surface area contributed by atoms with Crippen LogP contribution in [-0.2, 0) is 32.0 Å². The van der Waals surface area contributed by atoms with E-state index in [1.54, 1.807) is 0 Å². The lowest BCUT2D eigenvalue weighted by Crippen LogP contribution is -2.25. The van der Waals surface area contributed by atoms with Crippen molar-refractivity contribution in [2.75, 3.05) is 23.7 Å². The fourth-order valence-corrected chi connectivity index (χ4v) is 3.86. The number of carbonyl (C=O) groups excluding carboxylic acids is 4. The molecule has 0 saturated heterocycles. The molecular formula is C30H42N4O4. The first-order valence-corrected chi connectivity index (χ1v) is 13.7. The smallest absolute Gasteiger partial charge is 0.224 e. The van der Waals surface area contributed by atoms with Crippen molar-refractivity contribution in [3.8, 4) is 0 Å². The molecule has 0 aliphatic heterocycles. The van der Waals surface area contributed by atoms with Gasteiger partial charge in [0.15, 0.2) is 0 Å². The third-order valence-corrected chi connectivity index (χ3v) is 6.11. The van der Waals surface area contributed by atoms with Crippen molar-refractivity contribution < 1.29 is 19.2 Å². The van der Waals surface area contributed by atoms with E-state index in [9.17, 15) is 19.2 Å². The van der Waals surface area contributed by atoms with Gasteiger partial charge in [-0.05, 0) is 48.9 Å². The maximum atomic E-state index is 12.5. The van der Waals surface area contributed by atoms with Crippen molar-refractivity contribution in [2.45, 2.75) is 78.1 Å². The van der Waals surface area contributed by atoms with Gasteiger partial charge in [0.05, 0.1) is 0 Å². The summed E-state index contributed by atoms with van der Waals surface area (Å²) in [6.45, 7) is 5.39. The molecule has 0 aromatic heterocycles. The number of para-hydroxylation sites is 2. The summed E-state index contributed by atoms with van der Waals surface area (Å²) in [7, 11) is 0. The lowest BCUT2D eigenvalue weighted by molar-refractivity contribution is -0.124. The van der Waals surface area contributed by atoms with Gasteiger partial charge in [-0.1, -0.05) is 63.1 Å². The molecule has 2 aromatic rings. The van der Waals surface area contributed by atoms with Crippen LogP contribution < -0.4 is 21.3 Å². The monoisotopic (exact) mass is 522 g/mol. The van der Waals surface area contributed by atoms with Crippen LogP contribution in [0.25, 0.3) is 0 Å². The zero-order valence-electron chi connectivity index (χ0n) is 22.7. The number of carbonyl (C=O) groups is 4. The molecule has 0 fully saturated rings. The van der Waals surface area contributed by atoms with Gasteiger partial charge in [0.25, 0.3) is 0 Å². The fourth-order valence-electron chi connectivity index (χ4n) is 3.86. The van der Waals surface area contributed by atoms with Gasteiger partial charge in [0.2, 0.25) is 23.6 Å². The summed E-state index contributed by atoms with van der Waals surface area (Å²) >= 11 is 0. The van der Waals surface area contributed by atoms with E-state index < -0.39 is 0 Å². The topological polar surface area (TPSA) is 116 Å². The number of rotatable bonds is 17. The summed E-state index contributed by atoms with van der Waals surface area (Å²) in [5.41, 5.74) is 3.38. The van der Waals surface area contributed by atoms with Crippen molar-refractivity contribution in [1.82, 2.24) is 10.6 Å². The third-order valence-electron chi connectivity index (χ3n) is 6.11. The molecule has 2 aromatic carbocycles. The summed E-state index contributed by atoms with van der Waals surface area (Å²) in [5.74, 6) is -0.626. The van der Waals surface area contributed by atoms with E-state index in [0.29, 0.717) is 25.9 Å². The second-order valence-electron chi connectivity index (χ2n) is 9.32. The van der Waals surface area contributed by atoms with E-state index >= 15 is 0 Å². The summed E-state index contributed by atoms with van der Waals surface area (Å²) in [6, 6.07) is 15.2. The van der Waals surface area contributed by atoms with Crippen LogP contribution >= 0.6 is 0 Å². The Labute approximate surface area is 226 Å². The zero-order valence-corrected chi connectivity index (χ0v) is 22.7. The van der Waals surface area contributed by atoms with Gasteiger partial charge in [-0.25, -0.2) is 0 Å². The first kappa shape index (κ1) is 30.5. The Balaban J connectivity index is 1.88. The molecule has 4 amide bonds. The molecule has 8 nitrogen and oxygen atoms in total. The van der Waals surface area contributed by atoms with Gasteiger partial charge in [-0.2, -0.15) is 0 Å². The van der Waals surface area contributed by atoms with Crippen molar-refractivity contribution in [1.29, 1.82) is 0 Å². The van der Waals surface area contributed by atoms with E-state index in [2.05, 4.69) is 35.1 Å². The summed E-state index contributed by atoms with van der Waals surface area (Å²) in [4.78, 5) is 48.7. The van der Waals surface area contributed by atoms with Gasteiger partial charge < -0.3 is 21.3 Å². The number of benzene rings is 2. The van der Waals surface area contributed by atoms with Crippen LogP contribution in [0.4, 0.5) is 11.4 Å². The van der Waals surface area contributed by atoms with Gasteiger partial charge in [-0.15, -0.1) is 0 Å². The molecule has 0 aliphatic rings. The Kier molecular flexibility index (Phi) is 14.2. The maximum absolute atomic E-state index is 12.5. The van der Waals surface area contributed by atoms with E-state index in [-0.39, 0.29) is 49.3 Å². The molecule has 0 aliphatic carbocycles. The highest BCUT2D eigenvalue weighted by molar-refractivity contribution is 5.94. The van der Waals surface area contributed by atoms with Crippen LogP contribution in [0.5, 0.6) is 0 Å². The molecule has 0 unspecified atom stereocenters. The van der Waals surface area contributed by atoms with Crippen LogP contribution in [0.1, 0.15) is 76.3 Å². The molecule has 2 rings (SSSR count). The molecule has 0 heterocycles. The number of aryl methyl sites for hydroxylation is 2. The molecule has 8 heteroatoms. The lowest BCUT2D eigenvalue weighted by atomic mass is 10.0. The number of anilines is 2. The predicted octanol–water partition coefficient (Wildman–Crippen LogP) is 4.74. The Morgan fingerprint density at radius 1 is 0.553 bits per heavy atom. The standard InChI is InChI=1S/C30H42N4O4/c1-3-5-21-31-27(35)17-19-29(37)33-25-13-9-7-11-23(25)15-16-24-12-8-10-14-26(24)34-30(38)20-18-28(36)32-22-6-4-2/h7-14H,3-6,15-22H2,1-2H3,(H,31,35)(H,32,36)(H,33,37)(H,34,38). The molecule has 38 heavy (non-hydrogen) atoms. The average molecular weight is 523 g/mol. The van der Waals surface area contributed by atoms with Gasteiger partial charge in [0.1, 0.15) is 0 Å². The van der Waals surface area contributed by atoms with Gasteiger partial charge >= 0.3 is 0 Å². The Morgan fingerprint density at radius 3 is 1.32 bits per heavy atom. The molecule has 0 atom stereocenters. The Bertz CT molecular complexity index is 971. The van der Waals surface area contributed by atoms with Crippen molar-refractivity contribution in [3.05, 3.63) is 59.7 Å². The zero-order chi connectivity index (χ0) is 27.6. The van der Waals surface area contributed by atoms with Crippen LogP contribution in [0.2, 0.25) is 0 Å². The van der Waals surface area contributed by atoms with Crippen LogP contribution in [0.15, 0.2) is 48.5 Å². The number of unbranched alkanes of at least 4 members (excludes halogenated alkanes) is 2. The molecule has 206 valence electrons. The Hall–Kier alpha value is -3.68. The first-order valence-electron chi connectivity index (χ1n) is 13.7. The highest BCUT2D eigenvalue weighted by Crippen LogP contribution is 2.22. The van der Waals surface area contributed by atoms with Gasteiger partial charge in [-0.3, -0.25) is 19.2 Å².